The molecule has 1 amide bonds. The predicted octanol–water partition coefficient (Wildman–Crippen LogP) is 3.76. The number of amides is 1. The fourth-order valence-corrected chi connectivity index (χ4v) is 2.98. The lowest BCUT2D eigenvalue weighted by Gasteiger charge is -2.07. The summed E-state index contributed by atoms with van der Waals surface area (Å²) in [6, 6.07) is 7.08. The number of carbonyl (C=O) groups is 1. The topological polar surface area (TPSA) is 106 Å². The molecule has 0 aliphatic rings. The maximum absolute atomic E-state index is 12.2. The molecule has 0 aliphatic heterocycles. The summed E-state index contributed by atoms with van der Waals surface area (Å²) in [7, 11) is 0. The summed E-state index contributed by atoms with van der Waals surface area (Å²) in [5.41, 5.74) is 0.935. The van der Waals surface area contributed by atoms with Gasteiger partial charge in [-0.3, -0.25) is 9.89 Å². The van der Waals surface area contributed by atoms with Crippen LogP contribution in [0.4, 0.5) is 5.82 Å². The van der Waals surface area contributed by atoms with Crippen molar-refractivity contribution in [2.24, 2.45) is 0 Å². The van der Waals surface area contributed by atoms with Gasteiger partial charge in [0.1, 0.15) is 18.1 Å². The van der Waals surface area contributed by atoms with Crippen molar-refractivity contribution in [3.8, 4) is 5.75 Å². The summed E-state index contributed by atoms with van der Waals surface area (Å²) >= 11 is 7.23. The molecule has 0 radical (unpaired) electrons. The highest BCUT2D eigenvalue weighted by atomic mass is 35.5. The van der Waals surface area contributed by atoms with Crippen LogP contribution in [0.1, 0.15) is 24.1 Å². The Balaban J connectivity index is 1.52. The number of nitrogens with one attached hydrogen (secondary N) is 2. The zero-order valence-corrected chi connectivity index (χ0v) is 16.5. The molecule has 0 spiro atoms. The van der Waals surface area contributed by atoms with Gasteiger partial charge in [0.05, 0.1) is 5.25 Å². The smallest absolute Gasteiger partial charge is 0.238 e. The second-order valence-corrected chi connectivity index (χ2v) is 7.55. The van der Waals surface area contributed by atoms with Crippen molar-refractivity contribution >= 4 is 35.1 Å². The van der Waals surface area contributed by atoms with Crippen LogP contribution >= 0.6 is 23.4 Å². The van der Waals surface area contributed by atoms with E-state index in [2.05, 4.69) is 25.7 Å². The summed E-state index contributed by atoms with van der Waals surface area (Å²) in [4.78, 5) is 16.5. The number of ether oxygens (including phenoxy) is 1. The molecule has 3 rings (SSSR count). The molecule has 0 saturated carbocycles. The maximum atomic E-state index is 12.2. The van der Waals surface area contributed by atoms with E-state index in [0.29, 0.717) is 33.3 Å². The third-order valence-electron chi connectivity index (χ3n) is 3.55. The predicted molar refractivity (Wildman–Crippen MR) is 102 cm³/mol. The lowest BCUT2D eigenvalue weighted by atomic mass is 10.2. The quantitative estimate of drug-likeness (QED) is 0.574. The molecule has 0 fully saturated rings. The fourth-order valence-electron chi connectivity index (χ4n) is 2.12. The van der Waals surface area contributed by atoms with Gasteiger partial charge >= 0.3 is 0 Å². The normalized spacial score (nSPS) is 12.0. The number of thioether (sulfide) groups is 1. The average molecular weight is 408 g/mol. The average Bonchev–Trinajstić information content (AvgIpc) is 3.24. The minimum atomic E-state index is -0.412. The highest BCUT2D eigenvalue weighted by Gasteiger charge is 2.18. The largest absolute Gasteiger partial charge is 0.486 e. The van der Waals surface area contributed by atoms with Crippen LogP contribution in [0, 0.1) is 13.8 Å². The van der Waals surface area contributed by atoms with Gasteiger partial charge in [-0.15, -0.1) is 5.10 Å². The minimum Gasteiger partial charge on any atom is -0.486 e. The van der Waals surface area contributed by atoms with Crippen molar-refractivity contribution in [1.82, 2.24) is 20.3 Å². The number of aromatic nitrogens is 4. The van der Waals surface area contributed by atoms with Crippen molar-refractivity contribution in [2.75, 3.05) is 5.32 Å². The Morgan fingerprint density at radius 3 is 2.93 bits per heavy atom. The molecule has 2 aromatic heterocycles. The van der Waals surface area contributed by atoms with Crippen molar-refractivity contribution in [1.29, 1.82) is 0 Å². The van der Waals surface area contributed by atoms with E-state index in [9.17, 15) is 4.79 Å². The van der Waals surface area contributed by atoms with Crippen LogP contribution < -0.4 is 10.1 Å². The van der Waals surface area contributed by atoms with Gasteiger partial charge < -0.3 is 14.6 Å². The zero-order valence-electron chi connectivity index (χ0n) is 14.9. The van der Waals surface area contributed by atoms with Crippen molar-refractivity contribution in [2.45, 2.75) is 37.8 Å². The highest BCUT2D eigenvalue weighted by molar-refractivity contribution is 8.00. The number of rotatable bonds is 7. The molecule has 8 nitrogen and oxygen atoms in total. The number of hydrogen-bond donors (Lipinski definition) is 2. The van der Waals surface area contributed by atoms with Crippen LogP contribution in [0.3, 0.4) is 0 Å². The van der Waals surface area contributed by atoms with E-state index in [0.717, 1.165) is 5.56 Å². The van der Waals surface area contributed by atoms with E-state index < -0.39 is 5.25 Å². The maximum Gasteiger partial charge on any atom is 0.238 e. The Morgan fingerprint density at radius 2 is 2.22 bits per heavy atom. The van der Waals surface area contributed by atoms with E-state index in [4.69, 9.17) is 20.9 Å². The van der Waals surface area contributed by atoms with Gasteiger partial charge in [0.15, 0.2) is 11.6 Å². The van der Waals surface area contributed by atoms with Gasteiger partial charge in [0.25, 0.3) is 0 Å². The molecule has 0 bridgehead atoms. The lowest BCUT2D eigenvalue weighted by molar-refractivity contribution is -0.115. The Kier molecular flexibility index (Phi) is 6.02. The first-order chi connectivity index (χ1) is 12.9. The molecule has 1 aromatic carbocycles. The van der Waals surface area contributed by atoms with Gasteiger partial charge in [-0.05, 0) is 44.5 Å². The van der Waals surface area contributed by atoms with Gasteiger partial charge in [-0.25, -0.2) is 4.98 Å². The number of aryl methyl sites for hydroxylation is 2. The first kappa shape index (κ1) is 19.2. The van der Waals surface area contributed by atoms with Crippen molar-refractivity contribution in [3.05, 3.63) is 46.4 Å². The summed E-state index contributed by atoms with van der Waals surface area (Å²) < 4.78 is 10.6. The summed E-state index contributed by atoms with van der Waals surface area (Å²) in [5.74, 6) is 2.04. The van der Waals surface area contributed by atoms with Crippen LogP contribution in [-0.2, 0) is 11.4 Å². The van der Waals surface area contributed by atoms with Gasteiger partial charge in [0.2, 0.25) is 11.1 Å². The molecular formula is C17H18ClN5O3S. The molecule has 10 heteroatoms. The zero-order chi connectivity index (χ0) is 19.4. The standard InChI is InChI=1S/C17H18ClN5O3S/c1-9-6-12(4-5-13(9)18)25-8-15-20-17(22-21-15)27-11(3)16(24)19-14-7-10(2)26-23-14/h4-7,11H,8H2,1-3H3,(H,19,23,24)(H,20,21,22)/t11-/m1/s1. The Labute approximate surface area is 165 Å². The van der Waals surface area contributed by atoms with Crippen LogP contribution in [0.2, 0.25) is 5.02 Å². The molecule has 2 heterocycles. The summed E-state index contributed by atoms with van der Waals surface area (Å²) in [6.07, 6.45) is 0. The Morgan fingerprint density at radius 1 is 1.41 bits per heavy atom. The molecule has 2 N–H and O–H groups in total. The molecule has 3 aromatic rings. The SMILES string of the molecule is Cc1cc(NC(=O)[C@@H](C)Sc2n[nH]c(COc3ccc(Cl)c(C)c3)n2)no1. The molecule has 1 atom stereocenters. The summed E-state index contributed by atoms with van der Waals surface area (Å²) in [5, 5.41) is 14.1. The van der Waals surface area contributed by atoms with E-state index in [-0.39, 0.29) is 12.5 Å². The highest BCUT2D eigenvalue weighted by Crippen LogP contribution is 2.23. The number of nitrogens with zero attached hydrogens (tertiary/aromatic N) is 3. The lowest BCUT2D eigenvalue weighted by Crippen LogP contribution is -2.22. The number of aromatic amines is 1. The van der Waals surface area contributed by atoms with Gasteiger partial charge in [0, 0.05) is 11.1 Å². The van der Waals surface area contributed by atoms with Gasteiger partial charge in [-0.2, -0.15) is 0 Å². The number of benzene rings is 1. The van der Waals surface area contributed by atoms with E-state index in [1.807, 2.05) is 13.0 Å². The third-order valence-corrected chi connectivity index (χ3v) is 4.93. The third kappa shape index (κ3) is 5.24. The number of hydrogen-bond acceptors (Lipinski definition) is 7. The molecule has 0 unspecified atom stereocenters. The molecule has 0 aliphatic carbocycles. The minimum absolute atomic E-state index is 0.215. The van der Waals surface area contributed by atoms with Gasteiger partial charge in [-0.1, -0.05) is 28.5 Å². The summed E-state index contributed by atoms with van der Waals surface area (Å²) in [6.45, 7) is 5.65. The Bertz CT molecular complexity index is 942. The van der Waals surface area contributed by atoms with E-state index >= 15 is 0 Å². The molecule has 142 valence electrons. The van der Waals surface area contributed by atoms with Crippen LogP contribution in [0.25, 0.3) is 0 Å². The number of halogens is 1. The fraction of sp³-hybridized carbons (Fsp3) is 0.294. The van der Waals surface area contributed by atoms with Crippen molar-refractivity contribution < 1.29 is 14.1 Å². The van der Waals surface area contributed by atoms with Crippen LogP contribution in [-0.4, -0.2) is 31.5 Å². The Hall–Kier alpha value is -2.52. The number of carbonyl (C=O) groups excluding carboxylic acids is 1. The van der Waals surface area contributed by atoms with Crippen molar-refractivity contribution in [3.63, 3.8) is 0 Å². The number of anilines is 1. The molecule has 0 saturated heterocycles. The monoisotopic (exact) mass is 407 g/mol. The first-order valence-electron chi connectivity index (χ1n) is 8.12. The second kappa shape index (κ2) is 8.45. The second-order valence-electron chi connectivity index (χ2n) is 5.84. The van der Waals surface area contributed by atoms with E-state index in [1.54, 1.807) is 32.0 Å². The van der Waals surface area contributed by atoms with Crippen LogP contribution in [0.5, 0.6) is 5.75 Å². The number of H-pyrrole nitrogens is 1. The molecule has 27 heavy (non-hydrogen) atoms. The van der Waals surface area contributed by atoms with Crippen LogP contribution in [0.15, 0.2) is 33.9 Å². The van der Waals surface area contributed by atoms with E-state index in [1.165, 1.54) is 11.8 Å². The molecular weight excluding hydrogens is 390 g/mol. The first-order valence-corrected chi connectivity index (χ1v) is 9.37.